The number of aromatic amines is 2. The van der Waals surface area contributed by atoms with E-state index in [1.807, 2.05) is 0 Å². The predicted octanol–water partition coefficient (Wildman–Crippen LogP) is 3.13. The fourth-order valence-electron chi connectivity index (χ4n) is 2.84. The Kier molecular flexibility index (Phi) is 2.93. The molecule has 2 aromatic carbocycles. The Balaban J connectivity index is 1.81. The maximum atomic E-state index is 12.6. The molecule has 0 unspecified atom stereocenters. The summed E-state index contributed by atoms with van der Waals surface area (Å²) < 4.78 is 0. The number of nitrogens with one attached hydrogen (secondary N) is 2. The van der Waals surface area contributed by atoms with Crippen molar-refractivity contribution >= 4 is 33.4 Å². The Morgan fingerprint density at radius 2 is 1.12 bits per heavy atom. The lowest BCUT2D eigenvalue weighted by Gasteiger charge is -2.00. The molecule has 4 N–H and O–H groups in total. The van der Waals surface area contributed by atoms with Crippen LogP contribution in [0.5, 0.6) is 11.5 Å². The zero-order valence-corrected chi connectivity index (χ0v) is 12.3. The van der Waals surface area contributed by atoms with Gasteiger partial charge >= 0.3 is 0 Å². The maximum absolute atomic E-state index is 12.6. The second-order valence-corrected chi connectivity index (χ2v) is 5.52. The molecule has 0 amide bonds. The van der Waals surface area contributed by atoms with Crippen molar-refractivity contribution in [1.82, 2.24) is 9.97 Å². The summed E-state index contributed by atoms with van der Waals surface area (Å²) in [4.78, 5) is 31.1. The molecule has 0 aliphatic carbocycles. The minimum absolute atomic E-state index is 0.0145. The predicted molar refractivity (Wildman–Crippen MR) is 88.6 cm³/mol. The van der Waals surface area contributed by atoms with Gasteiger partial charge in [0.25, 0.3) is 0 Å². The number of phenolic OH excluding ortho intramolecular Hbond substituents is 2. The molecule has 0 spiro atoms. The molecule has 0 saturated heterocycles. The van der Waals surface area contributed by atoms with Gasteiger partial charge in [0.15, 0.2) is 0 Å². The minimum atomic E-state index is -0.684. The molecule has 0 bridgehead atoms. The highest BCUT2D eigenvalue weighted by molar-refractivity contribution is 6.52. The fraction of sp³-hybridized carbons (Fsp3) is 0. The molecule has 0 radical (unpaired) electrons. The minimum Gasteiger partial charge on any atom is -0.508 e. The van der Waals surface area contributed by atoms with Crippen molar-refractivity contribution in [3.63, 3.8) is 0 Å². The van der Waals surface area contributed by atoms with E-state index in [-0.39, 0.29) is 22.6 Å². The third-order valence-electron chi connectivity index (χ3n) is 4.03. The Labute approximate surface area is 135 Å². The second kappa shape index (κ2) is 4.99. The van der Waals surface area contributed by atoms with Crippen LogP contribution >= 0.6 is 0 Å². The standard InChI is InChI=1S/C18H12N2O4/c21-9-1-3-15-11(5-9)13(7-19-15)17(23)18(24)14-8-20-16-4-2-10(22)6-12(14)16/h1-8,19-22H. The first-order valence-electron chi connectivity index (χ1n) is 7.24. The van der Waals surface area contributed by atoms with Gasteiger partial charge < -0.3 is 20.2 Å². The summed E-state index contributed by atoms with van der Waals surface area (Å²) in [5, 5.41) is 20.2. The molecule has 2 aromatic heterocycles. The molecule has 2 heterocycles. The van der Waals surface area contributed by atoms with E-state index >= 15 is 0 Å². The number of hydrogen-bond donors (Lipinski definition) is 4. The lowest BCUT2D eigenvalue weighted by molar-refractivity contribution is 0.0819. The van der Waals surface area contributed by atoms with Crippen LogP contribution in [-0.2, 0) is 0 Å². The van der Waals surface area contributed by atoms with Gasteiger partial charge in [0.1, 0.15) is 11.5 Å². The van der Waals surface area contributed by atoms with E-state index in [1.165, 1.54) is 36.7 Å². The Morgan fingerprint density at radius 3 is 1.54 bits per heavy atom. The summed E-state index contributed by atoms with van der Waals surface area (Å²) >= 11 is 0. The smallest absolute Gasteiger partial charge is 0.235 e. The van der Waals surface area contributed by atoms with Crippen LogP contribution in [-0.4, -0.2) is 31.7 Å². The second-order valence-electron chi connectivity index (χ2n) is 5.52. The highest BCUT2D eigenvalue weighted by Gasteiger charge is 2.24. The first-order chi connectivity index (χ1) is 11.5. The first kappa shape index (κ1) is 14.1. The third-order valence-corrected chi connectivity index (χ3v) is 4.03. The Morgan fingerprint density at radius 1 is 0.708 bits per heavy atom. The van der Waals surface area contributed by atoms with Gasteiger partial charge in [-0.25, -0.2) is 0 Å². The molecule has 6 heteroatoms. The lowest BCUT2D eigenvalue weighted by Crippen LogP contribution is -2.13. The number of aromatic nitrogens is 2. The van der Waals surface area contributed by atoms with Gasteiger partial charge in [0, 0.05) is 34.2 Å². The summed E-state index contributed by atoms with van der Waals surface area (Å²) in [6.45, 7) is 0. The van der Waals surface area contributed by atoms with Crippen molar-refractivity contribution < 1.29 is 19.8 Å². The quantitative estimate of drug-likeness (QED) is 0.344. The van der Waals surface area contributed by atoms with Crippen LogP contribution < -0.4 is 0 Å². The molecule has 0 fully saturated rings. The first-order valence-corrected chi connectivity index (χ1v) is 7.24. The highest BCUT2D eigenvalue weighted by atomic mass is 16.3. The molecular formula is C18H12N2O4. The number of Topliss-reactive ketones (excluding diaryl/α,β-unsaturated/α-hetero) is 2. The zero-order chi connectivity index (χ0) is 16.8. The van der Waals surface area contributed by atoms with Crippen molar-refractivity contribution in [2.75, 3.05) is 0 Å². The van der Waals surface area contributed by atoms with Crippen molar-refractivity contribution in [3.05, 3.63) is 59.9 Å². The zero-order valence-electron chi connectivity index (χ0n) is 12.3. The van der Waals surface area contributed by atoms with Gasteiger partial charge in [-0.1, -0.05) is 0 Å². The summed E-state index contributed by atoms with van der Waals surface area (Å²) in [6.07, 6.45) is 2.91. The topological polar surface area (TPSA) is 106 Å². The molecule has 6 nitrogen and oxygen atoms in total. The van der Waals surface area contributed by atoms with Gasteiger partial charge in [0.2, 0.25) is 11.6 Å². The van der Waals surface area contributed by atoms with E-state index in [0.29, 0.717) is 21.8 Å². The van der Waals surface area contributed by atoms with Gasteiger partial charge in [-0.2, -0.15) is 0 Å². The van der Waals surface area contributed by atoms with E-state index in [4.69, 9.17) is 0 Å². The molecule has 4 rings (SSSR count). The van der Waals surface area contributed by atoms with Crippen LogP contribution in [0.4, 0.5) is 0 Å². The van der Waals surface area contributed by atoms with E-state index in [9.17, 15) is 19.8 Å². The monoisotopic (exact) mass is 320 g/mol. The third kappa shape index (κ3) is 2.04. The van der Waals surface area contributed by atoms with E-state index in [1.54, 1.807) is 12.1 Å². The fourth-order valence-corrected chi connectivity index (χ4v) is 2.84. The van der Waals surface area contributed by atoms with Crippen molar-refractivity contribution in [3.8, 4) is 11.5 Å². The lowest BCUT2D eigenvalue weighted by atomic mass is 10.0. The molecule has 0 atom stereocenters. The number of carbonyl (C=O) groups excluding carboxylic acids is 2. The Bertz CT molecular complexity index is 1030. The van der Waals surface area contributed by atoms with E-state index in [0.717, 1.165) is 0 Å². The number of fused-ring (bicyclic) bond motifs is 2. The summed E-state index contributed by atoms with van der Waals surface area (Å²) in [7, 11) is 0. The van der Waals surface area contributed by atoms with Crippen LogP contribution in [0, 0.1) is 0 Å². The number of rotatable bonds is 3. The number of carbonyl (C=O) groups is 2. The molecule has 0 aliphatic rings. The Hall–Kier alpha value is -3.54. The normalized spacial score (nSPS) is 11.2. The number of H-pyrrole nitrogens is 2. The molecule has 118 valence electrons. The highest BCUT2D eigenvalue weighted by Crippen LogP contribution is 2.27. The molecular weight excluding hydrogens is 308 g/mol. The van der Waals surface area contributed by atoms with Gasteiger partial charge in [-0.05, 0) is 36.4 Å². The maximum Gasteiger partial charge on any atom is 0.235 e. The number of benzene rings is 2. The van der Waals surface area contributed by atoms with Crippen LogP contribution in [0.25, 0.3) is 21.8 Å². The SMILES string of the molecule is O=C(C(=O)c1c[nH]c2ccc(O)cc12)c1c[nH]c2ccc(O)cc12. The number of phenols is 2. The summed E-state index contributed by atoms with van der Waals surface area (Å²) in [5.41, 5.74) is 1.70. The average molecular weight is 320 g/mol. The number of aromatic hydroxyl groups is 2. The van der Waals surface area contributed by atoms with Gasteiger partial charge in [-0.3, -0.25) is 9.59 Å². The van der Waals surface area contributed by atoms with Crippen LogP contribution in [0.15, 0.2) is 48.8 Å². The molecule has 24 heavy (non-hydrogen) atoms. The molecule has 0 aliphatic heterocycles. The van der Waals surface area contributed by atoms with Gasteiger partial charge in [0.05, 0.1) is 11.1 Å². The van der Waals surface area contributed by atoms with E-state index < -0.39 is 11.6 Å². The van der Waals surface area contributed by atoms with Crippen molar-refractivity contribution in [2.45, 2.75) is 0 Å². The average Bonchev–Trinajstić information content (AvgIpc) is 3.16. The number of hydrogen-bond acceptors (Lipinski definition) is 4. The largest absolute Gasteiger partial charge is 0.508 e. The van der Waals surface area contributed by atoms with Crippen LogP contribution in [0.3, 0.4) is 0 Å². The molecule has 0 saturated carbocycles. The number of ketones is 2. The summed E-state index contributed by atoms with van der Waals surface area (Å²) in [6, 6.07) is 9.14. The van der Waals surface area contributed by atoms with Crippen molar-refractivity contribution in [2.24, 2.45) is 0 Å². The summed E-state index contributed by atoms with van der Waals surface area (Å²) in [5.74, 6) is -1.34. The van der Waals surface area contributed by atoms with Gasteiger partial charge in [-0.15, -0.1) is 0 Å². The van der Waals surface area contributed by atoms with E-state index in [2.05, 4.69) is 9.97 Å². The van der Waals surface area contributed by atoms with Crippen LogP contribution in [0.2, 0.25) is 0 Å². The van der Waals surface area contributed by atoms with Crippen LogP contribution in [0.1, 0.15) is 20.7 Å². The molecule has 4 aromatic rings. The van der Waals surface area contributed by atoms with Crippen molar-refractivity contribution in [1.29, 1.82) is 0 Å².